The number of nitrogens with zero attached hydrogens (tertiary/aromatic N) is 1. The van der Waals surface area contributed by atoms with E-state index in [4.69, 9.17) is 11.6 Å². The first-order valence-electron chi connectivity index (χ1n) is 12.1. The molecule has 0 amide bonds. The third-order valence-electron chi connectivity index (χ3n) is 7.20. The Morgan fingerprint density at radius 1 is 0.543 bits per heavy atom. The molecule has 0 saturated carbocycles. The van der Waals surface area contributed by atoms with E-state index in [1.165, 1.54) is 42.6 Å². The summed E-state index contributed by atoms with van der Waals surface area (Å²) >= 11 is 6.49. The molecule has 1 aromatic heterocycles. The normalized spacial score (nSPS) is 11.8. The van der Waals surface area contributed by atoms with Crippen LogP contribution in [0.25, 0.3) is 21.8 Å². The van der Waals surface area contributed by atoms with Crippen molar-refractivity contribution in [1.29, 1.82) is 0 Å². The quantitative estimate of drug-likeness (QED) is 0.212. The Bertz CT molecular complexity index is 1530. The highest BCUT2D eigenvalue weighted by atomic mass is 35.5. The Balaban J connectivity index is 1.77. The predicted molar refractivity (Wildman–Crippen MR) is 154 cm³/mol. The number of benzene rings is 5. The van der Waals surface area contributed by atoms with Crippen LogP contribution in [0.3, 0.4) is 0 Å². The van der Waals surface area contributed by atoms with Gasteiger partial charge in [-0.05, 0) is 51.9 Å². The van der Waals surface area contributed by atoms with Gasteiger partial charge in [-0.15, -0.1) is 0 Å². The van der Waals surface area contributed by atoms with Crippen molar-refractivity contribution < 1.29 is 0 Å². The molecule has 0 radical (unpaired) electrons. The lowest BCUT2D eigenvalue weighted by molar-refractivity contribution is 0.827. The SMILES string of the molecule is CCn1c2ccc(Cl)cc2c2cc([Si](c3ccccc3)(c3ccccc3)c3ccccc3)ccc21. The molecule has 0 bridgehead atoms. The summed E-state index contributed by atoms with van der Waals surface area (Å²) in [6.07, 6.45) is 0. The molecular formula is C32H26ClNSi. The second-order valence-electron chi connectivity index (χ2n) is 8.99. The predicted octanol–water partition coefficient (Wildman–Crippen LogP) is 5.85. The third kappa shape index (κ3) is 3.44. The van der Waals surface area contributed by atoms with Crippen LogP contribution in [0.2, 0.25) is 5.02 Å². The van der Waals surface area contributed by atoms with Crippen molar-refractivity contribution in [3.05, 3.63) is 132 Å². The fourth-order valence-electron chi connectivity index (χ4n) is 5.71. The van der Waals surface area contributed by atoms with E-state index >= 15 is 0 Å². The molecule has 35 heavy (non-hydrogen) atoms. The molecule has 170 valence electrons. The molecular weight excluding hydrogens is 462 g/mol. The van der Waals surface area contributed by atoms with E-state index in [0.717, 1.165) is 11.6 Å². The van der Waals surface area contributed by atoms with Gasteiger partial charge in [-0.25, -0.2) is 0 Å². The zero-order chi connectivity index (χ0) is 23.8. The van der Waals surface area contributed by atoms with Gasteiger partial charge in [0.15, 0.2) is 8.07 Å². The van der Waals surface area contributed by atoms with E-state index in [2.05, 4.69) is 133 Å². The van der Waals surface area contributed by atoms with E-state index in [-0.39, 0.29) is 0 Å². The minimum Gasteiger partial charge on any atom is -0.341 e. The summed E-state index contributed by atoms with van der Waals surface area (Å²) in [6.45, 7) is 3.12. The van der Waals surface area contributed by atoms with Gasteiger partial charge in [0, 0.05) is 33.4 Å². The topological polar surface area (TPSA) is 4.93 Å². The van der Waals surface area contributed by atoms with Crippen LogP contribution < -0.4 is 20.7 Å². The Morgan fingerprint density at radius 2 is 1.00 bits per heavy atom. The maximum absolute atomic E-state index is 6.49. The average Bonchev–Trinajstić information content (AvgIpc) is 3.23. The first-order chi connectivity index (χ1) is 17.2. The lowest BCUT2D eigenvalue weighted by atomic mass is 10.1. The number of halogens is 1. The first-order valence-corrected chi connectivity index (χ1v) is 14.5. The van der Waals surface area contributed by atoms with Gasteiger partial charge in [-0.3, -0.25) is 0 Å². The summed E-state index contributed by atoms with van der Waals surface area (Å²) in [4.78, 5) is 0. The fourth-order valence-corrected chi connectivity index (χ4v) is 10.7. The molecule has 1 heterocycles. The largest absolute Gasteiger partial charge is 0.341 e. The molecule has 6 rings (SSSR count). The summed E-state index contributed by atoms with van der Waals surface area (Å²) < 4.78 is 2.39. The Labute approximate surface area is 212 Å². The maximum atomic E-state index is 6.49. The number of hydrogen-bond acceptors (Lipinski definition) is 0. The van der Waals surface area contributed by atoms with E-state index in [9.17, 15) is 0 Å². The molecule has 0 saturated heterocycles. The highest BCUT2D eigenvalue weighted by Gasteiger charge is 2.41. The minimum atomic E-state index is -2.56. The monoisotopic (exact) mass is 487 g/mol. The molecule has 0 fully saturated rings. The summed E-state index contributed by atoms with van der Waals surface area (Å²) in [6, 6.07) is 46.6. The van der Waals surface area contributed by atoms with Crippen molar-refractivity contribution in [2.45, 2.75) is 13.5 Å². The first kappa shape index (κ1) is 21.9. The van der Waals surface area contributed by atoms with Crippen molar-refractivity contribution in [3.63, 3.8) is 0 Å². The molecule has 5 aromatic carbocycles. The van der Waals surface area contributed by atoms with Crippen molar-refractivity contribution in [2.75, 3.05) is 0 Å². The number of aryl methyl sites for hydroxylation is 1. The lowest BCUT2D eigenvalue weighted by Gasteiger charge is -2.34. The van der Waals surface area contributed by atoms with Crippen LogP contribution in [0.15, 0.2) is 127 Å². The summed E-state index contributed by atoms with van der Waals surface area (Å²) in [7, 11) is -2.56. The van der Waals surface area contributed by atoms with Crippen LogP contribution in [0, 0.1) is 0 Å². The number of rotatable bonds is 5. The Hall–Kier alpha value is -3.59. The van der Waals surface area contributed by atoms with Crippen LogP contribution in [-0.2, 0) is 6.54 Å². The van der Waals surface area contributed by atoms with Crippen molar-refractivity contribution >= 4 is 62.2 Å². The summed E-state index contributed by atoms with van der Waals surface area (Å²) in [5.41, 5.74) is 2.49. The van der Waals surface area contributed by atoms with E-state index < -0.39 is 8.07 Å². The molecule has 0 unspecified atom stereocenters. The van der Waals surface area contributed by atoms with Crippen LogP contribution >= 0.6 is 11.6 Å². The minimum absolute atomic E-state index is 0.774. The van der Waals surface area contributed by atoms with Gasteiger partial charge in [0.25, 0.3) is 0 Å². The van der Waals surface area contributed by atoms with E-state index in [1.807, 2.05) is 6.07 Å². The second kappa shape index (κ2) is 8.88. The van der Waals surface area contributed by atoms with Gasteiger partial charge in [0.1, 0.15) is 0 Å². The van der Waals surface area contributed by atoms with Crippen LogP contribution in [0.5, 0.6) is 0 Å². The Kier molecular flexibility index (Phi) is 5.56. The van der Waals surface area contributed by atoms with Gasteiger partial charge < -0.3 is 4.57 Å². The van der Waals surface area contributed by atoms with Gasteiger partial charge >= 0.3 is 0 Å². The standard InChI is InChI=1S/C32H26ClNSi/c1-2-34-31-20-18-24(33)22-29(31)30-23-28(19-21-32(30)34)35(25-12-6-3-7-13-25,26-14-8-4-9-15-26)27-16-10-5-11-17-27/h3-23H,2H2,1H3. The van der Waals surface area contributed by atoms with Crippen LogP contribution in [0.1, 0.15) is 6.92 Å². The number of aromatic nitrogens is 1. The molecule has 3 heteroatoms. The molecule has 0 aliphatic heterocycles. The van der Waals surface area contributed by atoms with Crippen molar-refractivity contribution in [3.8, 4) is 0 Å². The second-order valence-corrected chi connectivity index (χ2v) is 13.2. The summed E-state index contributed by atoms with van der Waals surface area (Å²) in [5.74, 6) is 0. The maximum Gasteiger partial charge on any atom is 0.179 e. The highest BCUT2D eigenvalue weighted by molar-refractivity contribution is 7.20. The van der Waals surface area contributed by atoms with Crippen LogP contribution in [-0.4, -0.2) is 12.6 Å². The molecule has 6 aromatic rings. The number of hydrogen-bond donors (Lipinski definition) is 0. The molecule has 0 aliphatic rings. The zero-order valence-electron chi connectivity index (χ0n) is 19.7. The van der Waals surface area contributed by atoms with E-state index in [0.29, 0.717) is 0 Å². The van der Waals surface area contributed by atoms with Crippen molar-refractivity contribution in [2.24, 2.45) is 0 Å². The molecule has 0 spiro atoms. The van der Waals surface area contributed by atoms with Crippen molar-refractivity contribution in [1.82, 2.24) is 4.57 Å². The van der Waals surface area contributed by atoms with Crippen LogP contribution in [0.4, 0.5) is 0 Å². The average molecular weight is 488 g/mol. The molecule has 0 atom stereocenters. The third-order valence-corrected chi connectivity index (χ3v) is 12.2. The number of fused-ring (bicyclic) bond motifs is 3. The smallest absolute Gasteiger partial charge is 0.179 e. The Morgan fingerprint density at radius 3 is 1.49 bits per heavy atom. The van der Waals surface area contributed by atoms with Gasteiger partial charge in [-0.2, -0.15) is 0 Å². The molecule has 0 aliphatic carbocycles. The summed E-state index contributed by atoms with van der Waals surface area (Å²) in [5, 5.41) is 8.78. The molecule has 1 nitrogen and oxygen atoms in total. The highest BCUT2D eigenvalue weighted by Crippen LogP contribution is 2.31. The van der Waals surface area contributed by atoms with E-state index in [1.54, 1.807) is 0 Å². The van der Waals surface area contributed by atoms with Gasteiger partial charge in [-0.1, -0.05) is 115 Å². The lowest BCUT2D eigenvalue weighted by Crippen LogP contribution is -2.74. The zero-order valence-corrected chi connectivity index (χ0v) is 21.4. The van der Waals surface area contributed by atoms with Gasteiger partial charge in [0.2, 0.25) is 0 Å². The van der Waals surface area contributed by atoms with Gasteiger partial charge in [0.05, 0.1) is 0 Å². The fraction of sp³-hybridized carbons (Fsp3) is 0.0625. The molecule has 0 N–H and O–H groups in total.